The summed E-state index contributed by atoms with van der Waals surface area (Å²) in [6.45, 7) is 8.62. The topological polar surface area (TPSA) is 35.5 Å². The number of hydrogen-bond donors (Lipinski definition) is 0. The molecule has 1 aliphatic heterocycles. The van der Waals surface area contributed by atoms with Gasteiger partial charge in [0.05, 0.1) is 24.5 Å². The number of benzene rings is 3. The molecule has 1 aliphatic rings. The number of Topliss-reactive ketones (excluding diaryl/α,β-unsaturated/α-hetero) is 1. The van der Waals surface area contributed by atoms with Crippen LogP contribution in [0.1, 0.15) is 63.6 Å². The van der Waals surface area contributed by atoms with Crippen LogP contribution < -0.4 is 0 Å². The number of ether oxygens (including phenoxy) is 2. The predicted octanol–water partition coefficient (Wildman–Crippen LogP) is 7.18. The maximum atomic E-state index is 12.4. The first-order valence-electron chi connectivity index (χ1n) is 12.8. The maximum Gasteiger partial charge on any atom is 0.175 e. The number of carbonyl (C=O) groups excluding carboxylic acids is 1. The van der Waals surface area contributed by atoms with Gasteiger partial charge in [0.2, 0.25) is 0 Å². The maximum absolute atomic E-state index is 12.4. The lowest BCUT2D eigenvalue weighted by atomic mass is 9.70. The lowest BCUT2D eigenvalue weighted by molar-refractivity contribution is -0.299. The summed E-state index contributed by atoms with van der Waals surface area (Å²) >= 11 is 0. The molecule has 0 saturated carbocycles. The fourth-order valence-corrected chi connectivity index (χ4v) is 5.65. The fourth-order valence-electron chi connectivity index (χ4n) is 5.65. The van der Waals surface area contributed by atoms with Gasteiger partial charge in [-0.3, -0.25) is 4.79 Å². The lowest BCUT2D eigenvalue weighted by Crippen LogP contribution is -2.51. The van der Waals surface area contributed by atoms with Crippen LogP contribution >= 0.6 is 0 Å². The Kier molecular flexibility index (Phi) is 7.88. The molecule has 0 aromatic heterocycles. The van der Waals surface area contributed by atoms with Crippen molar-refractivity contribution in [1.82, 2.24) is 0 Å². The van der Waals surface area contributed by atoms with Crippen LogP contribution in [0.4, 0.5) is 0 Å². The molecule has 0 amide bonds. The van der Waals surface area contributed by atoms with Crippen molar-refractivity contribution >= 4 is 5.78 Å². The van der Waals surface area contributed by atoms with Crippen LogP contribution in [0.2, 0.25) is 0 Å². The summed E-state index contributed by atoms with van der Waals surface area (Å²) in [5.41, 5.74) is 2.91. The zero-order chi connectivity index (χ0) is 24.9. The summed E-state index contributed by atoms with van der Waals surface area (Å²) < 4.78 is 13.6. The fraction of sp³-hybridized carbons (Fsp3) is 0.406. The highest BCUT2D eigenvalue weighted by atomic mass is 16.7. The summed E-state index contributed by atoms with van der Waals surface area (Å²) in [6.07, 6.45) is 2.01. The molecule has 0 N–H and O–H groups in total. The standard InChI is InChI=1S/C32H38O3/c1-24(2)30-25(3)20-21-31(35-30,22-26(4)33)34-23-32(27-14-8-5-9-15-27,28-16-10-6-11-17-28)29-18-12-7-13-19-29/h5-19,24-25,30H,20-23H2,1-4H3/t25-,30+,31+/m0/s1. The largest absolute Gasteiger partial charge is 0.348 e. The summed E-state index contributed by atoms with van der Waals surface area (Å²) in [5, 5.41) is 0. The van der Waals surface area contributed by atoms with Crippen LogP contribution in [0.3, 0.4) is 0 Å². The van der Waals surface area contributed by atoms with Gasteiger partial charge in [0.25, 0.3) is 0 Å². The molecule has 0 spiro atoms. The highest BCUT2D eigenvalue weighted by Gasteiger charge is 2.46. The van der Waals surface area contributed by atoms with Crippen LogP contribution in [-0.2, 0) is 19.7 Å². The Bertz CT molecular complexity index is 981. The van der Waals surface area contributed by atoms with E-state index in [-0.39, 0.29) is 18.3 Å². The van der Waals surface area contributed by atoms with Gasteiger partial charge < -0.3 is 9.47 Å². The third kappa shape index (κ3) is 5.42. The monoisotopic (exact) mass is 470 g/mol. The molecule has 1 heterocycles. The molecule has 1 saturated heterocycles. The molecule has 1 fully saturated rings. The van der Waals surface area contributed by atoms with E-state index >= 15 is 0 Å². The highest BCUT2D eigenvalue weighted by Crippen LogP contribution is 2.44. The molecule has 35 heavy (non-hydrogen) atoms. The van der Waals surface area contributed by atoms with Gasteiger partial charge in [0.15, 0.2) is 5.79 Å². The van der Waals surface area contributed by atoms with E-state index in [2.05, 4.69) is 93.6 Å². The molecule has 0 radical (unpaired) electrons. The van der Waals surface area contributed by atoms with Gasteiger partial charge in [-0.25, -0.2) is 0 Å². The quantitative estimate of drug-likeness (QED) is 0.311. The second kappa shape index (κ2) is 10.9. The van der Waals surface area contributed by atoms with Crippen LogP contribution in [0.25, 0.3) is 0 Å². The summed E-state index contributed by atoms with van der Waals surface area (Å²) in [5.74, 6) is -0.0494. The molecule has 184 valence electrons. The Morgan fingerprint density at radius 3 is 1.77 bits per heavy atom. The number of carbonyl (C=O) groups is 1. The molecule has 3 heteroatoms. The zero-order valence-electron chi connectivity index (χ0n) is 21.4. The van der Waals surface area contributed by atoms with Crippen LogP contribution in [0.15, 0.2) is 91.0 Å². The van der Waals surface area contributed by atoms with Crippen LogP contribution in [0, 0.1) is 11.8 Å². The number of hydrogen-bond acceptors (Lipinski definition) is 3. The minimum absolute atomic E-state index is 0.0580. The Morgan fingerprint density at radius 1 is 0.914 bits per heavy atom. The van der Waals surface area contributed by atoms with Crippen molar-refractivity contribution in [2.24, 2.45) is 11.8 Å². The molecule has 0 unspecified atom stereocenters. The smallest absolute Gasteiger partial charge is 0.175 e. The van der Waals surface area contributed by atoms with E-state index in [1.54, 1.807) is 6.92 Å². The Morgan fingerprint density at radius 2 is 1.37 bits per heavy atom. The molecule has 3 aromatic rings. The van der Waals surface area contributed by atoms with E-state index in [0.29, 0.717) is 24.9 Å². The van der Waals surface area contributed by atoms with E-state index in [1.165, 1.54) is 0 Å². The first-order chi connectivity index (χ1) is 16.9. The van der Waals surface area contributed by atoms with E-state index < -0.39 is 11.2 Å². The normalized spacial score (nSPS) is 22.8. The molecule has 3 atom stereocenters. The number of rotatable bonds is 9. The van der Waals surface area contributed by atoms with Gasteiger partial charge in [0.1, 0.15) is 5.78 Å². The predicted molar refractivity (Wildman–Crippen MR) is 141 cm³/mol. The van der Waals surface area contributed by atoms with Crippen LogP contribution in [-0.4, -0.2) is 24.3 Å². The van der Waals surface area contributed by atoms with Gasteiger partial charge >= 0.3 is 0 Å². The van der Waals surface area contributed by atoms with Crippen molar-refractivity contribution in [3.8, 4) is 0 Å². The zero-order valence-corrected chi connectivity index (χ0v) is 21.4. The van der Waals surface area contributed by atoms with Crippen molar-refractivity contribution < 1.29 is 14.3 Å². The third-order valence-corrected chi connectivity index (χ3v) is 7.42. The van der Waals surface area contributed by atoms with Crippen molar-refractivity contribution in [3.63, 3.8) is 0 Å². The van der Waals surface area contributed by atoms with Crippen molar-refractivity contribution in [1.29, 1.82) is 0 Å². The van der Waals surface area contributed by atoms with Crippen molar-refractivity contribution in [2.45, 2.75) is 64.3 Å². The minimum Gasteiger partial charge on any atom is -0.348 e. The third-order valence-electron chi connectivity index (χ3n) is 7.42. The average molecular weight is 471 g/mol. The van der Waals surface area contributed by atoms with Crippen LogP contribution in [0.5, 0.6) is 0 Å². The van der Waals surface area contributed by atoms with Crippen molar-refractivity contribution in [2.75, 3.05) is 6.61 Å². The molecule has 0 bridgehead atoms. The molecule has 3 nitrogen and oxygen atoms in total. The molecule has 0 aliphatic carbocycles. The Labute approximate surface area is 210 Å². The highest BCUT2D eigenvalue weighted by molar-refractivity contribution is 5.76. The summed E-state index contributed by atoms with van der Waals surface area (Å²) in [6, 6.07) is 31.6. The van der Waals surface area contributed by atoms with Gasteiger partial charge in [-0.15, -0.1) is 0 Å². The van der Waals surface area contributed by atoms with E-state index in [4.69, 9.17) is 9.47 Å². The summed E-state index contributed by atoms with van der Waals surface area (Å²) in [7, 11) is 0. The Balaban J connectivity index is 1.82. The Hall–Kier alpha value is -2.75. The van der Waals surface area contributed by atoms with E-state index in [0.717, 1.165) is 23.1 Å². The molecular formula is C32H38O3. The average Bonchev–Trinajstić information content (AvgIpc) is 2.87. The SMILES string of the molecule is CC(=O)C[C@@]1(OCC(c2ccccc2)(c2ccccc2)c2ccccc2)CC[C@H](C)[C@@H](C(C)C)O1. The molecular weight excluding hydrogens is 432 g/mol. The second-order valence-corrected chi connectivity index (χ2v) is 10.4. The van der Waals surface area contributed by atoms with Gasteiger partial charge in [-0.1, -0.05) is 112 Å². The van der Waals surface area contributed by atoms with Crippen molar-refractivity contribution in [3.05, 3.63) is 108 Å². The van der Waals surface area contributed by atoms with E-state index in [1.807, 2.05) is 18.2 Å². The van der Waals surface area contributed by atoms with E-state index in [9.17, 15) is 4.79 Å². The second-order valence-electron chi connectivity index (χ2n) is 10.4. The molecule has 4 rings (SSSR count). The summed E-state index contributed by atoms with van der Waals surface area (Å²) in [4.78, 5) is 12.4. The number of ketones is 1. The lowest BCUT2D eigenvalue weighted by Gasteiger charge is -2.47. The minimum atomic E-state index is -0.920. The van der Waals surface area contributed by atoms with Gasteiger partial charge in [0, 0.05) is 6.42 Å². The van der Waals surface area contributed by atoms with Gasteiger partial charge in [-0.2, -0.15) is 0 Å². The first-order valence-corrected chi connectivity index (χ1v) is 12.8. The first kappa shape index (κ1) is 25.3. The molecule has 3 aromatic carbocycles. The van der Waals surface area contributed by atoms with Gasteiger partial charge in [-0.05, 0) is 41.9 Å².